The van der Waals surface area contributed by atoms with E-state index in [1.807, 2.05) is 6.92 Å². The highest BCUT2D eigenvalue weighted by Gasteiger charge is 2.16. The van der Waals surface area contributed by atoms with Crippen molar-refractivity contribution in [3.8, 4) is 23.0 Å². The molecule has 0 heterocycles. The molecule has 0 unspecified atom stereocenters. The SMILES string of the molecule is CCOc1ccc(/C=C(\NC(=O)c2ccccc2)C(=O)Nc2ccc(C(=O)/C=C/c3cc(OC)c(OC)cc3OC)cc2)cc1. The number of hydrogen-bond acceptors (Lipinski definition) is 7. The number of hydrogen-bond donors (Lipinski definition) is 2. The largest absolute Gasteiger partial charge is 0.496 e. The second kappa shape index (κ2) is 15.6. The summed E-state index contributed by atoms with van der Waals surface area (Å²) in [6.45, 7) is 2.43. The van der Waals surface area contributed by atoms with Crippen molar-refractivity contribution in [2.24, 2.45) is 0 Å². The molecule has 0 aliphatic carbocycles. The van der Waals surface area contributed by atoms with Gasteiger partial charge in [-0.25, -0.2) is 0 Å². The van der Waals surface area contributed by atoms with Gasteiger partial charge in [-0.05, 0) is 85.3 Å². The first-order chi connectivity index (χ1) is 21.8. The van der Waals surface area contributed by atoms with Crippen molar-refractivity contribution in [2.75, 3.05) is 33.3 Å². The fourth-order valence-corrected chi connectivity index (χ4v) is 4.30. The van der Waals surface area contributed by atoms with Crippen molar-refractivity contribution in [1.82, 2.24) is 5.32 Å². The molecule has 9 heteroatoms. The summed E-state index contributed by atoms with van der Waals surface area (Å²) in [6, 6.07) is 25.6. The highest BCUT2D eigenvalue weighted by Crippen LogP contribution is 2.35. The normalized spacial score (nSPS) is 11.1. The molecule has 230 valence electrons. The van der Waals surface area contributed by atoms with E-state index in [4.69, 9.17) is 18.9 Å². The number of anilines is 1. The van der Waals surface area contributed by atoms with Crippen molar-refractivity contribution in [3.63, 3.8) is 0 Å². The van der Waals surface area contributed by atoms with Crippen molar-refractivity contribution >= 4 is 35.4 Å². The van der Waals surface area contributed by atoms with E-state index in [0.717, 1.165) is 0 Å². The third-order valence-corrected chi connectivity index (χ3v) is 6.61. The van der Waals surface area contributed by atoms with Crippen LogP contribution < -0.4 is 29.6 Å². The summed E-state index contributed by atoms with van der Waals surface area (Å²) in [6.07, 6.45) is 4.64. The Labute approximate surface area is 262 Å². The third kappa shape index (κ3) is 8.61. The average molecular weight is 607 g/mol. The predicted octanol–water partition coefficient (Wildman–Crippen LogP) is 6.42. The van der Waals surface area contributed by atoms with Crippen LogP contribution in [0.4, 0.5) is 5.69 Å². The van der Waals surface area contributed by atoms with Crippen LogP contribution in [0, 0.1) is 0 Å². The Hall–Kier alpha value is -5.83. The van der Waals surface area contributed by atoms with Gasteiger partial charge in [0.2, 0.25) is 0 Å². The maximum Gasteiger partial charge on any atom is 0.272 e. The topological polar surface area (TPSA) is 112 Å². The minimum Gasteiger partial charge on any atom is -0.496 e. The quantitative estimate of drug-likeness (QED) is 0.134. The molecule has 0 spiro atoms. The Morgan fingerprint density at radius 3 is 2.00 bits per heavy atom. The van der Waals surface area contributed by atoms with Gasteiger partial charge in [-0.1, -0.05) is 30.3 Å². The van der Waals surface area contributed by atoms with Gasteiger partial charge in [-0.3, -0.25) is 14.4 Å². The Morgan fingerprint density at radius 1 is 0.733 bits per heavy atom. The summed E-state index contributed by atoms with van der Waals surface area (Å²) in [5.41, 5.74) is 2.62. The number of ketones is 1. The van der Waals surface area contributed by atoms with E-state index in [9.17, 15) is 14.4 Å². The first-order valence-corrected chi connectivity index (χ1v) is 14.1. The zero-order chi connectivity index (χ0) is 32.2. The zero-order valence-electron chi connectivity index (χ0n) is 25.5. The number of carbonyl (C=O) groups is 3. The second-order valence-electron chi connectivity index (χ2n) is 9.56. The lowest BCUT2D eigenvalue weighted by Crippen LogP contribution is -2.30. The molecule has 0 aliphatic rings. The van der Waals surface area contributed by atoms with Gasteiger partial charge in [0.25, 0.3) is 11.8 Å². The molecule has 0 radical (unpaired) electrons. The van der Waals surface area contributed by atoms with E-state index < -0.39 is 11.8 Å². The number of ether oxygens (including phenoxy) is 4. The first kappa shape index (κ1) is 32.1. The lowest BCUT2D eigenvalue weighted by atomic mass is 10.1. The van der Waals surface area contributed by atoms with Gasteiger partial charge in [-0.15, -0.1) is 0 Å². The van der Waals surface area contributed by atoms with Gasteiger partial charge in [0.1, 0.15) is 17.2 Å². The van der Waals surface area contributed by atoms with E-state index in [2.05, 4.69) is 10.6 Å². The lowest BCUT2D eigenvalue weighted by molar-refractivity contribution is -0.113. The molecular formula is C36H34N2O7. The zero-order valence-corrected chi connectivity index (χ0v) is 25.5. The molecule has 0 saturated heterocycles. The van der Waals surface area contributed by atoms with Gasteiger partial charge in [0.15, 0.2) is 17.3 Å². The van der Waals surface area contributed by atoms with Crippen LogP contribution in [-0.2, 0) is 4.79 Å². The Bertz CT molecular complexity index is 1690. The molecule has 0 aliphatic heterocycles. The molecular weight excluding hydrogens is 572 g/mol. The van der Waals surface area contributed by atoms with Crippen molar-refractivity contribution in [2.45, 2.75) is 6.92 Å². The molecule has 0 atom stereocenters. The number of benzene rings is 4. The lowest BCUT2D eigenvalue weighted by Gasteiger charge is -2.12. The maximum absolute atomic E-state index is 13.4. The summed E-state index contributed by atoms with van der Waals surface area (Å²) >= 11 is 0. The van der Waals surface area contributed by atoms with E-state index in [0.29, 0.717) is 57.5 Å². The number of methoxy groups -OCH3 is 3. The summed E-state index contributed by atoms with van der Waals surface area (Å²) in [7, 11) is 4.58. The van der Waals surface area contributed by atoms with Gasteiger partial charge in [-0.2, -0.15) is 0 Å². The van der Waals surface area contributed by atoms with Crippen LogP contribution >= 0.6 is 0 Å². The smallest absolute Gasteiger partial charge is 0.272 e. The average Bonchev–Trinajstić information content (AvgIpc) is 3.08. The molecule has 4 aromatic carbocycles. The van der Waals surface area contributed by atoms with Crippen molar-refractivity contribution in [3.05, 3.63) is 125 Å². The molecule has 9 nitrogen and oxygen atoms in total. The summed E-state index contributed by atoms with van der Waals surface area (Å²) in [4.78, 5) is 39.2. The molecule has 0 aromatic heterocycles. The Balaban J connectivity index is 1.50. The molecule has 4 rings (SSSR count). The standard InChI is InChI=1S/C36H34N2O7/c1-5-45-29-18-11-24(12-19-29)21-30(38-35(40)26-9-7-6-8-10-26)36(41)37-28-16-13-25(14-17-28)31(39)20-15-27-22-33(43-3)34(44-4)23-32(27)42-2/h6-23H,5H2,1-4H3,(H,37,41)(H,38,40)/b20-15+,30-21-. The summed E-state index contributed by atoms with van der Waals surface area (Å²) in [5, 5.41) is 5.51. The van der Waals surface area contributed by atoms with Crippen LogP contribution in [-0.4, -0.2) is 45.5 Å². The molecule has 0 saturated carbocycles. The fourth-order valence-electron chi connectivity index (χ4n) is 4.30. The highest BCUT2D eigenvalue weighted by atomic mass is 16.5. The van der Waals surface area contributed by atoms with Crippen LogP contribution in [0.15, 0.2) is 103 Å². The van der Waals surface area contributed by atoms with Gasteiger partial charge < -0.3 is 29.6 Å². The second-order valence-corrected chi connectivity index (χ2v) is 9.56. The number of allylic oxidation sites excluding steroid dienone is 1. The van der Waals surface area contributed by atoms with Crippen LogP contribution in [0.3, 0.4) is 0 Å². The van der Waals surface area contributed by atoms with Crippen LogP contribution in [0.1, 0.15) is 38.8 Å². The number of amides is 2. The molecule has 2 N–H and O–H groups in total. The number of nitrogens with one attached hydrogen (secondary N) is 2. The van der Waals surface area contributed by atoms with Gasteiger partial charge in [0.05, 0.1) is 27.9 Å². The third-order valence-electron chi connectivity index (χ3n) is 6.61. The molecule has 45 heavy (non-hydrogen) atoms. The minimum absolute atomic E-state index is 0.0416. The number of rotatable bonds is 13. The summed E-state index contributed by atoms with van der Waals surface area (Å²) in [5.74, 6) is 1.00. The van der Waals surface area contributed by atoms with E-state index in [1.54, 1.807) is 103 Å². The molecule has 0 bridgehead atoms. The van der Waals surface area contributed by atoms with Crippen LogP contribution in [0.2, 0.25) is 0 Å². The fraction of sp³-hybridized carbons (Fsp3) is 0.139. The van der Waals surface area contributed by atoms with E-state index in [1.165, 1.54) is 27.4 Å². The van der Waals surface area contributed by atoms with Crippen molar-refractivity contribution < 1.29 is 33.3 Å². The van der Waals surface area contributed by atoms with Crippen LogP contribution in [0.5, 0.6) is 23.0 Å². The minimum atomic E-state index is -0.535. The van der Waals surface area contributed by atoms with E-state index in [-0.39, 0.29) is 11.5 Å². The Kier molecular flexibility index (Phi) is 11.1. The molecule has 0 fully saturated rings. The van der Waals surface area contributed by atoms with E-state index >= 15 is 0 Å². The summed E-state index contributed by atoms with van der Waals surface area (Å²) < 4.78 is 21.6. The highest BCUT2D eigenvalue weighted by molar-refractivity contribution is 6.11. The first-order valence-electron chi connectivity index (χ1n) is 14.1. The number of carbonyl (C=O) groups excluding carboxylic acids is 3. The van der Waals surface area contributed by atoms with Gasteiger partial charge >= 0.3 is 0 Å². The molecule has 2 amide bonds. The van der Waals surface area contributed by atoms with Crippen LogP contribution in [0.25, 0.3) is 12.2 Å². The predicted molar refractivity (Wildman–Crippen MR) is 174 cm³/mol. The van der Waals surface area contributed by atoms with Gasteiger partial charge in [0, 0.05) is 28.4 Å². The van der Waals surface area contributed by atoms with Crippen molar-refractivity contribution in [1.29, 1.82) is 0 Å². The monoisotopic (exact) mass is 606 g/mol. The maximum atomic E-state index is 13.4. The molecule has 4 aromatic rings. The Morgan fingerprint density at radius 2 is 1.38 bits per heavy atom.